The van der Waals surface area contributed by atoms with Gasteiger partial charge in [-0.05, 0) is 55.4 Å². The van der Waals surface area contributed by atoms with Gasteiger partial charge in [0.2, 0.25) is 5.88 Å². The zero-order valence-electron chi connectivity index (χ0n) is 18.7. The number of unbranched alkanes of at least 4 members (excludes halogenated alkanes) is 1. The largest absolute Gasteiger partial charge is 0.494 e. The van der Waals surface area contributed by atoms with Crippen LogP contribution in [0.5, 0.6) is 11.6 Å². The van der Waals surface area contributed by atoms with Gasteiger partial charge in [0, 0.05) is 23.1 Å². The van der Waals surface area contributed by atoms with Crippen LogP contribution in [0.1, 0.15) is 49.5 Å². The van der Waals surface area contributed by atoms with E-state index in [0.717, 1.165) is 34.7 Å². The molecule has 0 bridgehead atoms. The Kier molecular flexibility index (Phi) is 7.35. The number of aromatic hydroxyl groups is 1. The number of aliphatic imine (C=N–C) groups is 1. The molecule has 2 N–H and O–H groups in total. The van der Waals surface area contributed by atoms with Crippen molar-refractivity contribution in [1.29, 1.82) is 0 Å². The minimum absolute atomic E-state index is 0.00847. The molecule has 2 aromatic carbocycles. The maximum absolute atomic E-state index is 13.0. The van der Waals surface area contributed by atoms with E-state index >= 15 is 0 Å². The highest BCUT2D eigenvalue weighted by atomic mass is 32.2. The van der Waals surface area contributed by atoms with Crippen molar-refractivity contribution in [3.63, 3.8) is 0 Å². The van der Waals surface area contributed by atoms with Crippen LogP contribution in [0.25, 0.3) is 0 Å². The van der Waals surface area contributed by atoms with Gasteiger partial charge in [-0.3, -0.25) is 19.3 Å². The summed E-state index contributed by atoms with van der Waals surface area (Å²) in [7, 11) is 0. The lowest BCUT2D eigenvalue weighted by molar-refractivity contribution is 0.340. The molecule has 0 saturated heterocycles. The molecule has 3 aromatic rings. The quantitative estimate of drug-likeness (QED) is 0.395. The number of aromatic nitrogens is 2. The Morgan fingerprint density at radius 2 is 1.97 bits per heavy atom. The molecule has 0 saturated carbocycles. The fourth-order valence-electron chi connectivity index (χ4n) is 3.84. The molecule has 0 aliphatic carbocycles. The average Bonchev–Trinajstić information content (AvgIpc) is 2.99. The van der Waals surface area contributed by atoms with Gasteiger partial charge in [-0.15, -0.1) is 11.8 Å². The molecule has 0 fully saturated rings. The first-order valence-electron chi connectivity index (χ1n) is 11.1. The van der Waals surface area contributed by atoms with Crippen LogP contribution in [-0.2, 0) is 6.54 Å². The van der Waals surface area contributed by atoms with Crippen LogP contribution in [0.2, 0.25) is 0 Å². The van der Waals surface area contributed by atoms with Gasteiger partial charge in [0.25, 0.3) is 5.56 Å². The van der Waals surface area contributed by atoms with Crippen LogP contribution in [0.3, 0.4) is 0 Å². The number of fused-ring (bicyclic) bond motifs is 1. The minimum atomic E-state index is -0.418. The molecule has 0 spiro atoms. The third kappa shape index (κ3) is 5.07. The summed E-state index contributed by atoms with van der Waals surface area (Å²) in [6.07, 6.45) is 2.27. The van der Waals surface area contributed by atoms with Crippen LogP contribution in [0.15, 0.2) is 63.2 Å². The van der Waals surface area contributed by atoms with Crippen LogP contribution < -0.4 is 10.3 Å². The van der Waals surface area contributed by atoms with E-state index in [-0.39, 0.29) is 21.5 Å². The zero-order valence-corrected chi connectivity index (χ0v) is 20.3. The van der Waals surface area contributed by atoms with Crippen molar-refractivity contribution in [3.05, 3.63) is 74.8 Å². The normalized spacial score (nSPS) is 15.5. The highest BCUT2D eigenvalue weighted by Crippen LogP contribution is 2.46. The van der Waals surface area contributed by atoms with E-state index in [2.05, 4.69) is 11.9 Å². The van der Waals surface area contributed by atoms with Crippen LogP contribution in [-0.4, -0.2) is 27.0 Å². The number of benzene rings is 2. The molecular weight excluding hydrogens is 454 g/mol. The van der Waals surface area contributed by atoms with Crippen LogP contribution in [0, 0.1) is 4.77 Å². The maximum Gasteiger partial charge on any atom is 0.264 e. The molecule has 0 unspecified atom stereocenters. The SMILES string of the molecule is CCCCn1c(O)c(C2=Nc3ccccc3S[C@H](c3ccc(OCC)cc3)C2)c(=O)[nH]c1=S. The summed E-state index contributed by atoms with van der Waals surface area (Å²) in [6.45, 7) is 5.17. The second-order valence-electron chi connectivity index (χ2n) is 7.80. The van der Waals surface area contributed by atoms with Gasteiger partial charge in [0.1, 0.15) is 11.3 Å². The summed E-state index contributed by atoms with van der Waals surface area (Å²) >= 11 is 7.02. The summed E-state index contributed by atoms with van der Waals surface area (Å²) in [4.78, 5) is 21.6. The molecule has 0 amide bonds. The van der Waals surface area contributed by atoms with Crippen molar-refractivity contribution in [1.82, 2.24) is 9.55 Å². The zero-order chi connectivity index (χ0) is 23.4. The molecule has 4 rings (SSSR count). The summed E-state index contributed by atoms with van der Waals surface area (Å²) < 4.78 is 7.40. The van der Waals surface area contributed by atoms with E-state index in [1.165, 1.54) is 0 Å². The summed E-state index contributed by atoms with van der Waals surface area (Å²) in [6, 6.07) is 15.9. The molecule has 2 heterocycles. The van der Waals surface area contributed by atoms with Gasteiger partial charge in [-0.1, -0.05) is 37.6 Å². The number of thioether (sulfide) groups is 1. The maximum atomic E-state index is 13.0. The van der Waals surface area contributed by atoms with E-state index in [1.54, 1.807) is 16.3 Å². The highest BCUT2D eigenvalue weighted by molar-refractivity contribution is 7.99. The predicted octanol–water partition coefficient (Wildman–Crippen LogP) is 6.17. The monoisotopic (exact) mass is 481 g/mol. The Balaban J connectivity index is 1.81. The lowest BCUT2D eigenvalue weighted by Gasteiger charge is -2.18. The fraction of sp³-hybridized carbons (Fsp3) is 0.320. The Bertz CT molecular complexity index is 1280. The number of H-pyrrole nitrogens is 1. The van der Waals surface area contributed by atoms with Crippen molar-refractivity contribution in [2.75, 3.05) is 6.61 Å². The lowest BCUT2D eigenvalue weighted by atomic mass is 10.0. The van der Waals surface area contributed by atoms with Crippen LogP contribution in [0.4, 0.5) is 5.69 Å². The molecule has 6 nitrogen and oxygen atoms in total. The summed E-state index contributed by atoms with van der Waals surface area (Å²) in [5.74, 6) is 0.701. The molecule has 1 aliphatic heterocycles. The topological polar surface area (TPSA) is 79.6 Å². The molecule has 0 radical (unpaired) electrons. The number of hydrogen-bond acceptors (Lipinski definition) is 6. The van der Waals surface area contributed by atoms with Gasteiger partial charge in [0.15, 0.2) is 4.77 Å². The standard InChI is InChI=1S/C25H27N3O3S2/c1-3-5-14-28-24(30)22(23(29)27-25(28)32)19-15-21(16-10-12-17(13-11-16)31-4-2)33-20-9-7-6-8-18(20)26-19/h6-13,21,30H,3-5,14-15H2,1-2H3,(H,27,29,32)/t21-/m0/s1. The average molecular weight is 482 g/mol. The van der Waals surface area contributed by atoms with E-state index in [4.69, 9.17) is 21.9 Å². The fourth-order valence-corrected chi connectivity index (χ4v) is 5.35. The first-order chi connectivity index (χ1) is 16.0. The molecule has 1 atom stereocenters. The van der Waals surface area contributed by atoms with E-state index in [1.807, 2.05) is 55.5 Å². The minimum Gasteiger partial charge on any atom is -0.494 e. The van der Waals surface area contributed by atoms with Crippen molar-refractivity contribution in [3.8, 4) is 11.6 Å². The third-order valence-corrected chi connectivity index (χ3v) is 7.17. The molecule has 1 aromatic heterocycles. The number of nitrogens with one attached hydrogen (secondary N) is 1. The molecular formula is C25H27N3O3S2. The van der Waals surface area contributed by atoms with E-state index in [0.29, 0.717) is 25.3 Å². The summed E-state index contributed by atoms with van der Waals surface area (Å²) in [5.41, 5.74) is 2.20. The Morgan fingerprint density at radius 1 is 1.21 bits per heavy atom. The highest BCUT2D eigenvalue weighted by Gasteiger charge is 2.27. The van der Waals surface area contributed by atoms with Crippen molar-refractivity contribution < 1.29 is 9.84 Å². The third-order valence-electron chi connectivity index (χ3n) is 5.53. The van der Waals surface area contributed by atoms with Crippen molar-refractivity contribution >= 4 is 35.4 Å². The van der Waals surface area contributed by atoms with Gasteiger partial charge in [0.05, 0.1) is 18.0 Å². The Morgan fingerprint density at radius 3 is 2.70 bits per heavy atom. The predicted molar refractivity (Wildman–Crippen MR) is 136 cm³/mol. The second kappa shape index (κ2) is 10.4. The molecule has 172 valence electrons. The Labute approximate surface area is 202 Å². The second-order valence-corrected chi connectivity index (χ2v) is 9.43. The number of hydrogen-bond donors (Lipinski definition) is 2. The van der Waals surface area contributed by atoms with Crippen molar-refractivity contribution in [2.45, 2.75) is 49.8 Å². The number of ether oxygens (including phenoxy) is 1. The summed E-state index contributed by atoms with van der Waals surface area (Å²) in [5, 5.41) is 11.1. The van der Waals surface area contributed by atoms with E-state index < -0.39 is 5.56 Å². The number of para-hydroxylation sites is 1. The van der Waals surface area contributed by atoms with Crippen LogP contribution >= 0.6 is 24.0 Å². The van der Waals surface area contributed by atoms with Crippen molar-refractivity contribution in [2.24, 2.45) is 4.99 Å². The lowest BCUT2D eigenvalue weighted by Crippen LogP contribution is -2.24. The Hall–Kier alpha value is -2.84. The number of nitrogens with zero attached hydrogens (tertiary/aromatic N) is 2. The first-order valence-corrected chi connectivity index (χ1v) is 12.4. The first kappa shape index (κ1) is 23.3. The van der Waals surface area contributed by atoms with Gasteiger partial charge >= 0.3 is 0 Å². The molecule has 8 heteroatoms. The molecule has 1 aliphatic rings. The van der Waals surface area contributed by atoms with Gasteiger partial charge in [-0.25, -0.2) is 0 Å². The van der Waals surface area contributed by atoms with Gasteiger partial charge < -0.3 is 9.84 Å². The smallest absolute Gasteiger partial charge is 0.264 e. The van der Waals surface area contributed by atoms with Gasteiger partial charge in [-0.2, -0.15) is 0 Å². The number of rotatable bonds is 7. The number of aromatic amines is 1. The van der Waals surface area contributed by atoms with E-state index in [9.17, 15) is 9.90 Å². The molecule has 33 heavy (non-hydrogen) atoms.